The molecule has 1 amide bonds. The second-order valence-electron chi connectivity index (χ2n) is 4.48. The molecule has 0 fully saturated rings. The standard InChI is InChI=1S/C16H15BrN2O/c1-4-9-18-16(20)15-10-11(2)19(12(15)3)14-7-5-13(17)6-8-14/h1,5-8,10H,9H2,2-3H3,(H,18,20). The number of nitrogens with zero attached hydrogens (tertiary/aromatic N) is 1. The van der Waals surface area contributed by atoms with Gasteiger partial charge in [0.25, 0.3) is 5.91 Å². The van der Waals surface area contributed by atoms with E-state index in [0.717, 1.165) is 21.5 Å². The molecule has 1 N–H and O–H groups in total. The molecule has 0 aliphatic rings. The number of carbonyl (C=O) groups excluding carboxylic acids is 1. The molecule has 102 valence electrons. The summed E-state index contributed by atoms with van der Waals surface area (Å²) in [7, 11) is 0. The van der Waals surface area contributed by atoms with Crippen molar-refractivity contribution in [3.63, 3.8) is 0 Å². The minimum atomic E-state index is -0.139. The molecule has 2 rings (SSSR count). The fraction of sp³-hybridized carbons (Fsp3) is 0.188. The van der Waals surface area contributed by atoms with Gasteiger partial charge in [-0.2, -0.15) is 0 Å². The Morgan fingerprint density at radius 3 is 2.60 bits per heavy atom. The maximum Gasteiger partial charge on any atom is 0.253 e. The number of hydrogen-bond donors (Lipinski definition) is 1. The molecular formula is C16H15BrN2O. The lowest BCUT2D eigenvalue weighted by atomic mass is 10.2. The first-order valence-electron chi connectivity index (χ1n) is 6.21. The number of benzene rings is 1. The predicted molar refractivity (Wildman–Crippen MR) is 84.1 cm³/mol. The molecule has 0 spiro atoms. The normalized spacial score (nSPS) is 10.1. The van der Waals surface area contributed by atoms with Gasteiger partial charge in [-0.25, -0.2) is 0 Å². The fourth-order valence-electron chi connectivity index (χ4n) is 2.21. The molecule has 1 aromatic heterocycles. The van der Waals surface area contributed by atoms with Gasteiger partial charge in [0.2, 0.25) is 0 Å². The second kappa shape index (κ2) is 5.98. The van der Waals surface area contributed by atoms with Crippen molar-refractivity contribution in [1.82, 2.24) is 9.88 Å². The lowest BCUT2D eigenvalue weighted by molar-refractivity contribution is 0.0958. The maximum absolute atomic E-state index is 12.0. The van der Waals surface area contributed by atoms with Crippen molar-refractivity contribution in [2.24, 2.45) is 0 Å². The molecule has 1 heterocycles. The van der Waals surface area contributed by atoms with Crippen LogP contribution in [-0.4, -0.2) is 17.0 Å². The lowest BCUT2D eigenvalue weighted by Gasteiger charge is -2.10. The van der Waals surface area contributed by atoms with Gasteiger partial charge in [0, 0.05) is 21.5 Å². The molecule has 0 aliphatic carbocycles. The number of aromatic nitrogens is 1. The van der Waals surface area contributed by atoms with Gasteiger partial charge in [0.15, 0.2) is 0 Å². The highest BCUT2D eigenvalue weighted by molar-refractivity contribution is 9.10. The summed E-state index contributed by atoms with van der Waals surface area (Å²) in [5, 5.41) is 2.69. The summed E-state index contributed by atoms with van der Waals surface area (Å²) in [5.41, 5.74) is 3.59. The first kappa shape index (κ1) is 14.4. The van der Waals surface area contributed by atoms with Gasteiger partial charge in [-0.05, 0) is 44.2 Å². The van der Waals surface area contributed by atoms with E-state index in [4.69, 9.17) is 6.42 Å². The zero-order valence-corrected chi connectivity index (χ0v) is 13.0. The molecule has 0 saturated heterocycles. The largest absolute Gasteiger partial charge is 0.341 e. The van der Waals surface area contributed by atoms with Crippen molar-refractivity contribution in [2.75, 3.05) is 6.54 Å². The van der Waals surface area contributed by atoms with Crippen LogP contribution in [0.25, 0.3) is 5.69 Å². The van der Waals surface area contributed by atoms with Crippen LogP contribution in [0.15, 0.2) is 34.8 Å². The Balaban J connectivity index is 2.41. The van der Waals surface area contributed by atoms with Crippen LogP contribution in [0, 0.1) is 26.2 Å². The minimum absolute atomic E-state index is 0.139. The SMILES string of the molecule is C#CCNC(=O)c1cc(C)n(-c2ccc(Br)cc2)c1C. The van der Waals surface area contributed by atoms with E-state index in [1.165, 1.54) is 0 Å². The van der Waals surface area contributed by atoms with E-state index in [-0.39, 0.29) is 12.5 Å². The molecule has 0 atom stereocenters. The lowest BCUT2D eigenvalue weighted by Crippen LogP contribution is -2.23. The Labute approximate surface area is 127 Å². The number of terminal acetylenes is 1. The number of nitrogens with one attached hydrogen (secondary N) is 1. The second-order valence-corrected chi connectivity index (χ2v) is 5.40. The van der Waals surface area contributed by atoms with Crippen molar-refractivity contribution in [3.05, 3.63) is 51.8 Å². The van der Waals surface area contributed by atoms with Crippen molar-refractivity contribution >= 4 is 21.8 Å². The predicted octanol–water partition coefficient (Wildman–Crippen LogP) is 3.22. The van der Waals surface area contributed by atoms with Gasteiger partial charge in [0.05, 0.1) is 12.1 Å². The summed E-state index contributed by atoms with van der Waals surface area (Å²) in [4.78, 5) is 12.0. The molecule has 0 radical (unpaired) electrons. The highest BCUT2D eigenvalue weighted by Gasteiger charge is 2.15. The number of carbonyl (C=O) groups is 1. The van der Waals surface area contributed by atoms with Crippen LogP contribution >= 0.6 is 15.9 Å². The van der Waals surface area contributed by atoms with Gasteiger partial charge in [0.1, 0.15) is 0 Å². The summed E-state index contributed by atoms with van der Waals surface area (Å²) in [6.07, 6.45) is 5.16. The highest BCUT2D eigenvalue weighted by atomic mass is 79.9. The van der Waals surface area contributed by atoms with Crippen LogP contribution in [0.1, 0.15) is 21.7 Å². The van der Waals surface area contributed by atoms with Crippen LogP contribution in [0.3, 0.4) is 0 Å². The first-order valence-corrected chi connectivity index (χ1v) is 7.00. The van der Waals surface area contributed by atoms with E-state index in [9.17, 15) is 4.79 Å². The van der Waals surface area contributed by atoms with E-state index in [1.54, 1.807) is 0 Å². The van der Waals surface area contributed by atoms with E-state index in [0.29, 0.717) is 5.56 Å². The van der Waals surface area contributed by atoms with Crippen molar-refractivity contribution in [2.45, 2.75) is 13.8 Å². The molecular weight excluding hydrogens is 316 g/mol. The van der Waals surface area contributed by atoms with E-state index < -0.39 is 0 Å². The van der Waals surface area contributed by atoms with Gasteiger partial charge < -0.3 is 9.88 Å². The van der Waals surface area contributed by atoms with Crippen LogP contribution in [0.4, 0.5) is 0 Å². The quantitative estimate of drug-likeness (QED) is 0.861. The fourth-order valence-corrected chi connectivity index (χ4v) is 2.47. The summed E-state index contributed by atoms with van der Waals surface area (Å²) in [6, 6.07) is 9.85. The molecule has 0 bridgehead atoms. The zero-order chi connectivity index (χ0) is 14.7. The molecule has 0 unspecified atom stereocenters. The molecule has 20 heavy (non-hydrogen) atoms. The van der Waals surface area contributed by atoms with Gasteiger partial charge in [-0.15, -0.1) is 6.42 Å². The number of halogens is 1. The number of amides is 1. The molecule has 4 heteroatoms. The van der Waals surface area contributed by atoms with E-state index in [1.807, 2.05) is 44.2 Å². The summed E-state index contributed by atoms with van der Waals surface area (Å²) in [6.45, 7) is 4.15. The van der Waals surface area contributed by atoms with Crippen LogP contribution < -0.4 is 5.32 Å². The Morgan fingerprint density at radius 2 is 2.00 bits per heavy atom. The summed E-state index contributed by atoms with van der Waals surface area (Å²) < 4.78 is 3.08. The molecule has 0 aliphatic heterocycles. The molecule has 3 nitrogen and oxygen atoms in total. The van der Waals surface area contributed by atoms with Crippen molar-refractivity contribution < 1.29 is 4.79 Å². The number of aryl methyl sites for hydroxylation is 1. The molecule has 2 aromatic rings. The van der Waals surface area contributed by atoms with Crippen LogP contribution in [0.5, 0.6) is 0 Å². The average Bonchev–Trinajstić information content (AvgIpc) is 2.73. The third-order valence-electron chi connectivity index (χ3n) is 3.11. The van der Waals surface area contributed by atoms with E-state index >= 15 is 0 Å². The monoisotopic (exact) mass is 330 g/mol. The molecule has 1 aromatic carbocycles. The van der Waals surface area contributed by atoms with Crippen molar-refractivity contribution in [1.29, 1.82) is 0 Å². The first-order chi connectivity index (χ1) is 9.54. The van der Waals surface area contributed by atoms with Crippen molar-refractivity contribution in [3.8, 4) is 18.0 Å². The smallest absolute Gasteiger partial charge is 0.253 e. The Kier molecular flexibility index (Phi) is 4.31. The third kappa shape index (κ3) is 2.78. The summed E-state index contributed by atoms with van der Waals surface area (Å²) >= 11 is 3.42. The van der Waals surface area contributed by atoms with Gasteiger partial charge in [-0.3, -0.25) is 4.79 Å². The Morgan fingerprint density at radius 1 is 1.35 bits per heavy atom. The van der Waals surface area contributed by atoms with E-state index in [2.05, 4.69) is 31.7 Å². The third-order valence-corrected chi connectivity index (χ3v) is 3.64. The minimum Gasteiger partial charge on any atom is -0.341 e. The van der Waals surface area contributed by atoms with Gasteiger partial charge in [-0.1, -0.05) is 21.9 Å². The Hall–Kier alpha value is -1.99. The topological polar surface area (TPSA) is 34.0 Å². The number of rotatable bonds is 3. The van der Waals surface area contributed by atoms with Gasteiger partial charge >= 0.3 is 0 Å². The molecule has 0 saturated carbocycles. The van der Waals surface area contributed by atoms with Crippen LogP contribution in [0.2, 0.25) is 0 Å². The maximum atomic E-state index is 12.0. The van der Waals surface area contributed by atoms with Crippen LogP contribution in [-0.2, 0) is 0 Å². The number of hydrogen-bond acceptors (Lipinski definition) is 1. The zero-order valence-electron chi connectivity index (χ0n) is 11.4. The average molecular weight is 331 g/mol. The summed E-state index contributed by atoms with van der Waals surface area (Å²) in [5.74, 6) is 2.26. The Bertz CT molecular complexity index is 678. The highest BCUT2D eigenvalue weighted by Crippen LogP contribution is 2.22.